The number of aromatic nitrogens is 7. The predicted octanol–water partition coefficient (Wildman–Crippen LogP) is 6.40. The summed E-state index contributed by atoms with van der Waals surface area (Å²) in [5, 5.41) is 27.4. The summed E-state index contributed by atoms with van der Waals surface area (Å²) in [5.74, 6) is 0.868. The number of aliphatic hydroxyl groups is 1. The number of hydrogen-bond donors (Lipinski definition) is 4. The van der Waals surface area contributed by atoms with Gasteiger partial charge in [0.15, 0.2) is 0 Å². The van der Waals surface area contributed by atoms with Crippen LogP contribution in [0.2, 0.25) is 5.02 Å². The lowest BCUT2D eigenvalue weighted by molar-refractivity contribution is -0.142. The highest BCUT2D eigenvalue weighted by atomic mass is 35.5. The number of β-amino-alcohol motifs (C(OH)–C–C–N with tert-alkyl or cyclic N) is 1. The number of carbonyl (C=O) groups is 3. The van der Waals surface area contributed by atoms with E-state index in [0.29, 0.717) is 68.6 Å². The van der Waals surface area contributed by atoms with E-state index >= 15 is 0 Å². The van der Waals surface area contributed by atoms with Crippen LogP contribution in [0.25, 0.3) is 10.4 Å². The minimum Gasteiger partial charge on any atom is -0.391 e. The normalized spacial score (nSPS) is 20.9. The van der Waals surface area contributed by atoms with E-state index in [4.69, 9.17) is 27.3 Å². The third-order valence-electron chi connectivity index (χ3n) is 15.3. The van der Waals surface area contributed by atoms with Gasteiger partial charge in [-0.25, -0.2) is 24.6 Å². The van der Waals surface area contributed by atoms with Gasteiger partial charge in [-0.3, -0.25) is 14.4 Å². The van der Waals surface area contributed by atoms with E-state index in [0.717, 1.165) is 76.2 Å². The Morgan fingerprint density at radius 1 is 0.959 bits per heavy atom. The average molecular weight is 1050 g/mol. The number of nitrogens with zero attached hydrogens (tertiary/aromatic N) is 11. The van der Waals surface area contributed by atoms with Crippen molar-refractivity contribution in [1.29, 1.82) is 0 Å². The monoisotopic (exact) mass is 1050 g/mol. The van der Waals surface area contributed by atoms with Crippen LogP contribution in [0, 0.1) is 31.1 Å². The van der Waals surface area contributed by atoms with Gasteiger partial charge in [0.25, 0.3) is 0 Å². The van der Waals surface area contributed by atoms with Gasteiger partial charge in [-0.1, -0.05) is 73.6 Å². The molecule has 21 heteroatoms. The Labute approximate surface area is 441 Å². The van der Waals surface area contributed by atoms with Gasteiger partial charge in [0.05, 0.1) is 51.3 Å². The zero-order valence-corrected chi connectivity index (χ0v) is 44.9. The molecule has 0 radical (unpaired) electrons. The quantitative estimate of drug-likeness (QED) is 0.0841. The summed E-state index contributed by atoms with van der Waals surface area (Å²) in [7, 11) is 0. The number of aliphatic hydroxyl groups excluding tert-OH is 1. The van der Waals surface area contributed by atoms with Crippen molar-refractivity contribution in [3.8, 4) is 10.4 Å². The van der Waals surface area contributed by atoms with Gasteiger partial charge in [0, 0.05) is 74.9 Å². The van der Waals surface area contributed by atoms with Crippen LogP contribution in [0.3, 0.4) is 0 Å². The molecule has 0 spiro atoms. The minimum absolute atomic E-state index is 0.0538. The van der Waals surface area contributed by atoms with Gasteiger partial charge in [-0.05, 0) is 101 Å². The van der Waals surface area contributed by atoms with Gasteiger partial charge in [-0.15, -0.1) is 16.4 Å². The molecule has 4 aliphatic rings. The van der Waals surface area contributed by atoms with Crippen molar-refractivity contribution in [2.45, 2.75) is 120 Å². The van der Waals surface area contributed by atoms with Crippen molar-refractivity contribution in [2.75, 3.05) is 69.1 Å². The lowest BCUT2D eigenvalue weighted by Gasteiger charge is -2.39. The topological polar surface area (TPSA) is 217 Å². The number of rotatable bonds is 16. The van der Waals surface area contributed by atoms with Crippen molar-refractivity contribution >= 4 is 64.1 Å². The molecule has 3 amide bonds. The Kier molecular flexibility index (Phi) is 16.7. The van der Waals surface area contributed by atoms with Crippen LogP contribution in [-0.2, 0) is 14.4 Å². The van der Waals surface area contributed by atoms with Crippen molar-refractivity contribution in [2.24, 2.45) is 23.0 Å². The summed E-state index contributed by atoms with van der Waals surface area (Å²) in [4.78, 5) is 71.2. The van der Waals surface area contributed by atoms with Crippen LogP contribution in [0.1, 0.15) is 94.8 Å². The van der Waals surface area contributed by atoms with Crippen molar-refractivity contribution in [1.82, 2.24) is 54.9 Å². The molecule has 4 saturated heterocycles. The molecule has 8 heterocycles. The molecule has 1 aromatic carbocycles. The molecule has 0 saturated carbocycles. The number of hydrogen-bond acceptors (Lipinski definition) is 16. The summed E-state index contributed by atoms with van der Waals surface area (Å²) in [6.45, 7) is 15.7. The summed E-state index contributed by atoms with van der Waals surface area (Å²) in [6.07, 6.45) is 11.4. The highest BCUT2D eigenvalue weighted by Gasteiger charge is 2.43. The first-order valence-corrected chi connectivity index (χ1v) is 27.8. The van der Waals surface area contributed by atoms with Crippen LogP contribution in [-0.4, -0.2) is 150 Å². The summed E-state index contributed by atoms with van der Waals surface area (Å²) < 4.78 is 1.56. The Morgan fingerprint density at radius 3 is 2.33 bits per heavy atom. The highest BCUT2D eigenvalue weighted by molar-refractivity contribution is 7.99. The molecule has 0 unspecified atom stereocenters. The number of likely N-dealkylation sites (tertiary alicyclic amines) is 3. The van der Waals surface area contributed by atoms with Gasteiger partial charge in [0.2, 0.25) is 17.7 Å². The second-order valence-corrected chi connectivity index (χ2v) is 23.3. The lowest BCUT2D eigenvalue weighted by Crippen LogP contribution is -2.51. The molecule has 73 heavy (non-hydrogen) atoms. The molecule has 4 atom stereocenters. The minimum atomic E-state index is -0.862. The second-order valence-electron chi connectivity index (χ2n) is 21.0. The number of thiazole rings is 1. The fourth-order valence-electron chi connectivity index (χ4n) is 10.7. The van der Waals surface area contributed by atoms with Crippen molar-refractivity contribution in [3.05, 3.63) is 82.6 Å². The molecule has 4 aliphatic heterocycles. The molecule has 4 aromatic heterocycles. The maximum Gasteiger partial charge on any atom is 0.248 e. The Morgan fingerprint density at radius 2 is 1.70 bits per heavy atom. The van der Waals surface area contributed by atoms with E-state index < -0.39 is 24.2 Å². The van der Waals surface area contributed by atoms with Crippen LogP contribution in [0.15, 0.2) is 70.6 Å². The Bertz CT molecular complexity index is 2680. The van der Waals surface area contributed by atoms with E-state index in [-0.39, 0.29) is 54.0 Å². The van der Waals surface area contributed by atoms with Crippen LogP contribution >= 0.6 is 34.7 Å². The highest BCUT2D eigenvalue weighted by Crippen LogP contribution is 2.38. The SMILES string of the molecule is Cc1cn([C@H](C(=O)N2C[C@H](O)C[C@H]2C(=O)N[C@@H](CN2CCC(C(=O)N3CCC(Nc4nccc(Sc5cnc(N6CCC(C)(CN)CC6)cn5)c4Cl)CC3)CC2)c2ccc(-c3scnc3C)cc2)C(C)C)nn1. The Hall–Kier alpha value is -5.25. The Balaban J connectivity index is 0.787. The van der Waals surface area contributed by atoms with Crippen LogP contribution < -0.4 is 21.3 Å². The zero-order chi connectivity index (χ0) is 51.4. The number of amides is 3. The van der Waals surface area contributed by atoms with E-state index in [1.165, 1.54) is 16.7 Å². The predicted molar refractivity (Wildman–Crippen MR) is 284 cm³/mol. The summed E-state index contributed by atoms with van der Waals surface area (Å²) in [6, 6.07) is 8.26. The van der Waals surface area contributed by atoms with E-state index in [9.17, 15) is 19.5 Å². The number of nitrogens with two attached hydrogens (primary N) is 1. The molecule has 18 nitrogen and oxygen atoms in total. The molecule has 0 bridgehead atoms. The lowest BCUT2D eigenvalue weighted by atomic mass is 9.80. The van der Waals surface area contributed by atoms with Gasteiger partial charge < -0.3 is 41.1 Å². The zero-order valence-electron chi connectivity index (χ0n) is 42.5. The van der Waals surface area contributed by atoms with Gasteiger partial charge in [0.1, 0.15) is 28.7 Å². The van der Waals surface area contributed by atoms with E-state index in [2.05, 4.69) is 59.8 Å². The number of piperidine rings is 3. The van der Waals surface area contributed by atoms with Crippen molar-refractivity contribution in [3.63, 3.8) is 0 Å². The molecular formula is C52H69ClN14O4S2. The van der Waals surface area contributed by atoms with E-state index in [1.807, 2.05) is 62.5 Å². The number of nitrogens with one attached hydrogen (secondary N) is 2. The first-order chi connectivity index (χ1) is 35.1. The molecule has 4 fully saturated rings. The van der Waals surface area contributed by atoms with Crippen molar-refractivity contribution < 1.29 is 19.5 Å². The standard InChI is InChI=1S/C52H69ClN14O4S2/c1-32(2)46(67-27-33(3)61-62-67)51(71)66-28-39(68)24-41(66)49(69)60-40(35-6-8-36(9-7-35)47-34(4)58-31-72-47)29-63-18-11-37(12-19-63)50(70)65-20-13-38(14-21-65)59-48-45(53)42(10-17-55-48)73-44-26-56-43(25-57-44)64-22-15-52(5,30-54)16-23-64/h6-10,17,25-27,31-32,37-41,46,68H,11-16,18-24,28-30,54H2,1-5H3,(H,55,59)(H,60,69)/t39-,40+,41+,46+/m1/s1. The fraction of sp³-hybridized carbons (Fsp3) is 0.558. The molecule has 5 aromatic rings. The summed E-state index contributed by atoms with van der Waals surface area (Å²) in [5.41, 5.74) is 11.7. The largest absolute Gasteiger partial charge is 0.391 e. The van der Waals surface area contributed by atoms with Gasteiger partial charge >= 0.3 is 0 Å². The second kappa shape index (κ2) is 23.1. The fourth-order valence-corrected chi connectivity index (χ4v) is 12.5. The number of benzene rings is 1. The summed E-state index contributed by atoms with van der Waals surface area (Å²) >= 11 is 9.99. The van der Waals surface area contributed by atoms with Gasteiger partial charge in [-0.2, -0.15) is 0 Å². The maximum absolute atomic E-state index is 14.4. The molecule has 5 N–H and O–H groups in total. The first kappa shape index (κ1) is 52.6. The third-order valence-corrected chi connectivity index (χ3v) is 17.7. The molecular weight excluding hydrogens is 984 g/mol. The number of carbonyl (C=O) groups excluding carboxylic acids is 3. The number of anilines is 2. The average Bonchev–Trinajstić information content (AvgIpc) is 4.15. The molecule has 0 aliphatic carbocycles. The molecule has 9 rings (SSSR count). The third kappa shape index (κ3) is 12.3. The smallest absolute Gasteiger partial charge is 0.248 e. The number of aryl methyl sites for hydroxylation is 2. The van der Waals surface area contributed by atoms with Crippen LogP contribution in [0.5, 0.6) is 0 Å². The number of halogens is 1. The van der Waals surface area contributed by atoms with E-state index in [1.54, 1.807) is 34.6 Å². The van der Waals surface area contributed by atoms with Crippen LogP contribution in [0.4, 0.5) is 11.6 Å². The maximum atomic E-state index is 14.4. The number of pyridine rings is 1. The first-order valence-electron chi connectivity index (χ1n) is 25.7. The molecule has 390 valence electrons.